The van der Waals surface area contributed by atoms with Gasteiger partial charge in [0.05, 0.1) is 0 Å². The van der Waals surface area contributed by atoms with E-state index < -0.39 is 11.6 Å². The fraction of sp³-hybridized carbons (Fsp3) is 0.438. The van der Waals surface area contributed by atoms with Gasteiger partial charge in [0.15, 0.2) is 0 Å². The Labute approximate surface area is 138 Å². The monoisotopic (exact) mass is 339 g/mol. The predicted octanol–water partition coefficient (Wildman–Crippen LogP) is 1.60. The first-order valence-electron chi connectivity index (χ1n) is 7.53. The summed E-state index contributed by atoms with van der Waals surface area (Å²) in [6.45, 7) is 0.248. The number of amides is 4. The molecule has 0 atom stereocenters. The summed E-state index contributed by atoms with van der Waals surface area (Å²) in [7, 11) is 3.06. The van der Waals surface area contributed by atoms with Crippen molar-refractivity contribution in [1.82, 2.24) is 14.7 Å². The van der Waals surface area contributed by atoms with Crippen LogP contribution in [0.25, 0.3) is 0 Å². The van der Waals surface area contributed by atoms with E-state index in [-0.39, 0.29) is 49.5 Å². The summed E-state index contributed by atoms with van der Waals surface area (Å²) in [5.74, 6) is -1.90. The van der Waals surface area contributed by atoms with Gasteiger partial charge in [-0.3, -0.25) is 14.5 Å². The zero-order valence-corrected chi connectivity index (χ0v) is 13.6. The van der Waals surface area contributed by atoms with Gasteiger partial charge in [-0.15, -0.1) is 0 Å². The molecule has 1 aliphatic rings. The Hall–Kier alpha value is -2.51. The molecule has 130 valence electrons. The molecule has 1 aliphatic heterocycles. The number of carbonyl (C=O) groups excluding carboxylic acids is 3. The number of carbonyl (C=O) groups is 3. The molecular weight excluding hydrogens is 320 g/mol. The number of hydrogen-bond donors (Lipinski definition) is 0. The summed E-state index contributed by atoms with van der Waals surface area (Å²) in [4.78, 5) is 39.1. The number of imide groups is 1. The van der Waals surface area contributed by atoms with Gasteiger partial charge in [-0.25, -0.2) is 13.6 Å². The highest BCUT2D eigenvalue weighted by atomic mass is 19.1. The maximum atomic E-state index is 13.6. The van der Waals surface area contributed by atoms with Crippen LogP contribution in [0.1, 0.15) is 18.4 Å². The summed E-state index contributed by atoms with van der Waals surface area (Å²) in [6, 6.07) is 2.84. The number of likely N-dealkylation sites (N-methyl/N-ethyl adjacent to an activating group) is 1. The van der Waals surface area contributed by atoms with E-state index in [9.17, 15) is 23.2 Å². The summed E-state index contributed by atoms with van der Waals surface area (Å²) >= 11 is 0. The van der Waals surface area contributed by atoms with Crippen molar-refractivity contribution < 1.29 is 23.2 Å². The highest BCUT2D eigenvalue weighted by Crippen LogP contribution is 2.13. The van der Waals surface area contributed by atoms with Crippen LogP contribution in [-0.4, -0.2) is 59.7 Å². The topological polar surface area (TPSA) is 60.9 Å². The lowest BCUT2D eigenvalue weighted by atomic mass is 10.2. The fourth-order valence-electron chi connectivity index (χ4n) is 2.46. The molecule has 1 aromatic rings. The van der Waals surface area contributed by atoms with E-state index in [0.717, 1.165) is 17.0 Å². The minimum Gasteiger partial charge on any atom is -0.341 e. The first-order valence-corrected chi connectivity index (χ1v) is 7.53. The molecule has 0 bridgehead atoms. The van der Waals surface area contributed by atoms with Crippen LogP contribution in [0, 0.1) is 11.6 Å². The van der Waals surface area contributed by atoms with Crippen molar-refractivity contribution in [2.45, 2.75) is 19.4 Å². The van der Waals surface area contributed by atoms with Crippen molar-refractivity contribution in [1.29, 1.82) is 0 Å². The molecule has 1 aromatic carbocycles. The van der Waals surface area contributed by atoms with Crippen LogP contribution in [-0.2, 0) is 16.1 Å². The van der Waals surface area contributed by atoms with Crippen LogP contribution in [0.2, 0.25) is 0 Å². The van der Waals surface area contributed by atoms with Gasteiger partial charge in [-0.1, -0.05) is 6.07 Å². The second kappa shape index (κ2) is 7.37. The number of nitrogens with zero attached hydrogens (tertiary/aromatic N) is 3. The van der Waals surface area contributed by atoms with Crippen molar-refractivity contribution in [3.63, 3.8) is 0 Å². The lowest BCUT2D eigenvalue weighted by Crippen LogP contribution is -2.33. The maximum Gasteiger partial charge on any atom is 0.326 e. The van der Waals surface area contributed by atoms with Crippen molar-refractivity contribution in [2.24, 2.45) is 0 Å². The number of rotatable bonds is 6. The van der Waals surface area contributed by atoms with Crippen molar-refractivity contribution in [3.8, 4) is 0 Å². The predicted molar refractivity (Wildman–Crippen MR) is 81.8 cm³/mol. The average molecular weight is 339 g/mol. The third-order valence-electron chi connectivity index (χ3n) is 3.85. The van der Waals surface area contributed by atoms with Gasteiger partial charge in [0.2, 0.25) is 11.8 Å². The molecule has 0 unspecified atom stereocenters. The third kappa shape index (κ3) is 4.06. The van der Waals surface area contributed by atoms with Crippen LogP contribution in [0.4, 0.5) is 13.6 Å². The number of urea groups is 1. The standard InChI is InChI=1S/C16H19F2N3O3/c1-19(9-11-5-6-12(17)8-13(11)18)14(22)4-3-7-21-15(23)10-20(2)16(21)24/h5-6,8H,3-4,7,9-10H2,1-2H3. The molecule has 6 nitrogen and oxygen atoms in total. The molecule has 0 radical (unpaired) electrons. The van der Waals surface area contributed by atoms with Gasteiger partial charge < -0.3 is 9.80 Å². The van der Waals surface area contributed by atoms with Gasteiger partial charge in [-0.2, -0.15) is 0 Å². The molecule has 4 amide bonds. The van der Waals surface area contributed by atoms with E-state index in [1.807, 2.05) is 0 Å². The fourth-order valence-corrected chi connectivity index (χ4v) is 2.46. The van der Waals surface area contributed by atoms with E-state index in [4.69, 9.17) is 0 Å². The van der Waals surface area contributed by atoms with Crippen molar-refractivity contribution >= 4 is 17.8 Å². The van der Waals surface area contributed by atoms with Crippen molar-refractivity contribution in [3.05, 3.63) is 35.4 Å². The highest BCUT2D eigenvalue weighted by Gasteiger charge is 2.32. The van der Waals surface area contributed by atoms with Crippen LogP contribution >= 0.6 is 0 Å². The minimum atomic E-state index is -0.703. The molecule has 0 aromatic heterocycles. The Morgan fingerprint density at radius 3 is 2.58 bits per heavy atom. The number of hydrogen-bond acceptors (Lipinski definition) is 3. The normalized spacial score (nSPS) is 14.5. The van der Waals surface area contributed by atoms with E-state index >= 15 is 0 Å². The summed E-state index contributed by atoms with van der Waals surface area (Å²) < 4.78 is 26.5. The summed E-state index contributed by atoms with van der Waals surface area (Å²) in [5.41, 5.74) is 0.221. The van der Waals surface area contributed by atoms with Crippen LogP contribution in [0.15, 0.2) is 18.2 Å². The summed E-state index contributed by atoms with van der Waals surface area (Å²) in [5, 5.41) is 0. The molecule has 24 heavy (non-hydrogen) atoms. The van der Waals surface area contributed by atoms with Crippen LogP contribution in [0.3, 0.4) is 0 Å². The van der Waals surface area contributed by atoms with E-state index in [1.165, 1.54) is 30.0 Å². The molecular formula is C16H19F2N3O3. The number of benzene rings is 1. The van der Waals surface area contributed by atoms with Gasteiger partial charge >= 0.3 is 6.03 Å². The van der Waals surface area contributed by atoms with Crippen LogP contribution < -0.4 is 0 Å². The molecule has 1 heterocycles. The van der Waals surface area contributed by atoms with Gasteiger partial charge in [0.1, 0.15) is 18.2 Å². The molecule has 0 N–H and O–H groups in total. The molecule has 0 saturated carbocycles. The van der Waals surface area contributed by atoms with Crippen LogP contribution in [0.5, 0.6) is 0 Å². The molecule has 0 spiro atoms. The quantitative estimate of drug-likeness (QED) is 0.740. The van der Waals surface area contributed by atoms with Gasteiger partial charge in [-0.05, 0) is 12.5 Å². The third-order valence-corrected chi connectivity index (χ3v) is 3.85. The highest BCUT2D eigenvalue weighted by molar-refractivity contribution is 6.01. The molecule has 1 fully saturated rings. The minimum absolute atomic E-state index is 0.0231. The Bertz CT molecular complexity index is 666. The molecule has 1 saturated heterocycles. The Morgan fingerprint density at radius 2 is 2.00 bits per heavy atom. The second-order valence-electron chi connectivity index (χ2n) is 5.77. The average Bonchev–Trinajstić information content (AvgIpc) is 2.76. The van der Waals surface area contributed by atoms with Crippen molar-refractivity contribution in [2.75, 3.05) is 27.2 Å². The second-order valence-corrected chi connectivity index (χ2v) is 5.77. The first kappa shape index (κ1) is 17.8. The van der Waals surface area contributed by atoms with Gasteiger partial charge in [0.25, 0.3) is 0 Å². The first-order chi connectivity index (χ1) is 11.3. The Kier molecular flexibility index (Phi) is 5.48. The number of halogens is 2. The lowest BCUT2D eigenvalue weighted by Gasteiger charge is -2.19. The van der Waals surface area contributed by atoms with Gasteiger partial charge in [0, 0.05) is 45.2 Å². The molecule has 0 aliphatic carbocycles. The smallest absolute Gasteiger partial charge is 0.326 e. The van der Waals surface area contributed by atoms with E-state index in [0.29, 0.717) is 6.42 Å². The Balaban J connectivity index is 1.82. The lowest BCUT2D eigenvalue weighted by molar-refractivity contribution is -0.131. The Morgan fingerprint density at radius 1 is 1.29 bits per heavy atom. The molecule has 8 heteroatoms. The maximum absolute atomic E-state index is 13.6. The zero-order chi connectivity index (χ0) is 17.9. The zero-order valence-electron chi connectivity index (χ0n) is 13.6. The van der Waals surface area contributed by atoms with E-state index in [1.54, 1.807) is 0 Å². The SMILES string of the molecule is CN(Cc1ccc(F)cc1F)C(=O)CCCN1C(=O)CN(C)C1=O. The summed E-state index contributed by atoms with van der Waals surface area (Å²) in [6.07, 6.45) is 0.459. The largest absolute Gasteiger partial charge is 0.341 e. The van der Waals surface area contributed by atoms with E-state index in [2.05, 4.69) is 0 Å². The molecule has 2 rings (SSSR count).